The summed E-state index contributed by atoms with van der Waals surface area (Å²) in [6.07, 6.45) is 1.87. The van der Waals surface area contributed by atoms with E-state index in [4.69, 9.17) is 5.73 Å². The van der Waals surface area contributed by atoms with Crippen molar-refractivity contribution < 1.29 is 9.18 Å². The maximum absolute atomic E-state index is 13.3. The number of carbonyl (C=O) groups is 1. The van der Waals surface area contributed by atoms with Crippen LogP contribution in [-0.4, -0.2) is 12.5 Å². The minimum atomic E-state index is -0.407. The number of hydrogen-bond donors (Lipinski definition) is 2. The topological polar surface area (TPSA) is 55.1 Å². The normalized spacial score (nSPS) is 13.8. The van der Waals surface area contributed by atoms with Gasteiger partial charge < -0.3 is 11.1 Å². The van der Waals surface area contributed by atoms with Crippen LogP contribution in [-0.2, 0) is 4.79 Å². The van der Waals surface area contributed by atoms with Gasteiger partial charge in [-0.2, -0.15) is 0 Å². The molecule has 1 aromatic rings. The Labute approximate surface area is 99.2 Å². The van der Waals surface area contributed by atoms with Gasteiger partial charge in [-0.15, -0.1) is 0 Å². The van der Waals surface area contributed by atoms with Crippen LogP contribution < -0.4 is 11.1 Å². The number of hydrogen-bond acceptors (Lipinski definition) is 2. The molecule has 1 amide bonds. The molecule has 0 aromatic heterocycles. The third-order valence-corrected chi connectivity index (χ3v) is 2.51. The molecule has 1 aliphatic rings. The molecule has 0 atom stereocenters. The smallest absolute Gasteiger partial charge is 0.227 e. The fraction of sp³-hybridized carbons (Fsp3) is 0.308. The number of anilines is 1. The molecule has 0 heterocycles. The molecule has 0 unspecified atom stereocenters. The van der Waals surface area contributed by atoms with Gasteiger partial charge in [0.05, 0.1) is 12.1 Å². The number of rotatable bonds is 2. The molecule has 0 spiro atoms. The highest BCUT2D eigenvalue weighted by molar-refractivity contribution is 5.94. The Morgan fingerprint density at radius 2 is 2.29 bits per heavy atom. The lowest BCUT2D eigenvalue weighted by atomic mass is 10.2. The fourth-order valence-electron chi connectivity index (χ4n) is 1.43. The van der Waals surface area contributed by atoms with E-state index in [-0.39, 0.29) is 23.9 Å². The number of nitrogens with one attached hydrogen (secondary N) is 1. The van der Waals surface area contributed by atoms with Gasteiger partial charge in [0.25, 0.3) is 0 Å². The SMILES string of the molecule is NCC#Cc1cc(NC(=O)C2CC2)ccc1F. The first-order valence-electron chi connectivity index (χ1n) is 5.50. The molecule has 3 nitrogen and oxygen atoms in total. The first-order valence-corrected chi connectivity index (χ1v) is 5.50. The predicted molar refractivity (Wildman–Crippen MR) is 63.7 cm³/mol. The van der Waals surface area contributed by atoms with E-state index in [1.54, 1.807) is 0 Å². The van der Waals surface area contributed by atoms with Crippen LogP contribution in [0.1, 0.15) is 18.4 Å². The molecule has 0 bridgehead atoms. The Balaban J connectivity index is 2.14. The van der Waals surface area contributed by atoms with Gasteiger partial charge >= 0.3 is 0 Å². The summed E-state index contributed by atoms with van der Waals surface area (Å²) in [5, 5.41) is 2.74. The third-order valence-electron chi connectivity index (χ3n) is 2.51. The Morgan fingerprint density at radius 1 is 1.53 bits per heavy atom. The van der Waals surface area contributed by atoms with Crippen LogP contribution in [0.4, 0.5) is 10.1 Å². The molecule has 3 N–H and O–H groups in total. The van der Waals surface area contributed by atoms with Gasteiger partial charge in [0.2, 0.25) is 5.91 Å². The van der Waals surface area contributed by atoms with Crippen LogP contribution in [0.5, 0.6) is 0 Å². The Hall–Kier alpha value is -1.86. The average molecular weight is 232 g/mol. The largest absolute Gasteiger partial charge is 0.326 e. The fourth-order valence-corrected chi connectivity index (χ4v) is 1.43. The molecule has 1 saturated carbocycles. The quantitative estimate of drug-likeness (QED) is 0.759. The Morgan fingerprint density at radius 3 is 2.94 bits per heavy atom. The van der Waals surface area contributed by atoms with Crippen molar-refractivity contribution >= 4 is 11.6 Å². The van der Waals surface area contributed by atoms with E-state index in [1.165, 1.54) is 18.2 Å². The lowest BCUT2D eigenvalue weighted by molar-refractivity contribution is -0.117. The van der Waals surface area contributed by atoms with Gasteiger partial charge in [-0.05, 0) is 31.0 Å². The van der Waals surface area contributed by atoms with Crippen molar-refractivity contribution in [3.05, 3.63) is 29.6 Å². The van der Waals surface area contributed by atoms with E-state index < -0.39 is 5.82 Å². The number of carbonyl (C=O) groups excluding carboxylic acids is 1. The van der Waals surface area contributed by atoms with E-state index in [0.29, 0.717) is 5.69 Å². The van der Waals surface area contributed by atoms with Crippen molar-refractivity contribution in [2.24, 2.45) is 11.7 Å². The zero-order chi connectivity index (χ0) is 12.3. The van der Waals surface area contributed by atoms with Gasteiger partial charge in [0.1, 0.15) is 5.82 Å². The van der Waals surface area contributed by atoms with E-state index in [1.807, 2.05) is 0 Å². The minimum Gasteiger partial charge on any atom is -0.326 e. The zero-order valence-corrected chi connectivity index (χ0v) is 9.29. The highest BCUT2D eigenvalue weighted by Crippen LogP contribution is 2.30. The molecule has 17 heavy (non-hydrogen) atoms. The van der Waals surface area contributed by atoms with Gasteiger partial charge in [-0.3, -0.25) is 4.79 Å². The van der Waals surface area contributed by atoms with Gasteiger partial charge in [0, 0.05) is 11.6 Å². The predicted octanol–water partition coefficient (Wildman–Crippen LogP) is 1.48. The molecule has 0 radical (unpaired) electrons. The summed E-state index contributed by atoms with van der Waals surface area (Å²) in [4.78, 5) is 11.5. The molecule has 0 aliphatic heterocycles. The van der Waals surface area contributed by atoms with Gasteiger partial charge in [-0.1, -0.05) is 11.8 Å². The second-order valence-corrected chi connectivity index (χ2v) is 3.96. The van der Waals surface area contributed by atoms with Crippen molar-refractivity contribution in [1.29, 1.82) is 0 Å². The highest BCUT2D eigenvalue weighted by atomic mass is 19.1. The van der Waals surface area contributed by atoms with Crippen molar-refractivity contribution in [3.63, 3.8) is 0 Å². The molecular formula is C13H13FN2O. The summed E-state index contributed by atoms with van der Waals surface area (Å²) in [6.45, 7) is 0.179. The molecule has 1 aromatic carbocycles. The molecule has 1 fully saturated rings. The van der Waals surface area contributed by atoms with E-state index in [2.05, 4.69) is 17.2 Å². The summed E-state index contributed by atoms with van der Waals surface area (Å²) >= 11 is 0. The summed E-state index contributed by atoms with van der Waals surface area (Å²) in [7, 11) is 0. The van der Waals surface area contributed by atoms with Crippen LogP contribution in [0.25, 0.3) is 0 Å². The van der Waals surface area contributed by atoms with Gasteiger partial charge in [0.15, 0.2) is 0 Å². The van der Waals surface area contributed by atoms with Crippen molar-refractivity contribution in [1.82, 2.24) is 0 Å². The molecule has 88 valence electrons. The van der Waals surface area contributed by atoms with Crippen LogP contribution >= 0.6 is 0 Å². The van der Waals surface area contributed by atoms with E-state index >= 15 is 0 Å². The number of halogens is 1. The number of nitrogens with two attached hydrogens (primary N) is 1. The molecule has 1 aliphatic carbocycles. The molecule has 2 rings (SSSR count). The first kappa shape index (κ1) is 11.6. The second-order valence-electron chi connectivity index (χ2n) is 3.96. The van der Waals surface area contributed by atoms with Crippen molar-refractivity contribution in [2.45, 2.75) is 12.8 Å². The first-order chi connectivity index (χ1) is 8.20. The standard InChI is InChI=1S/C13H13FN2O/c14-12-6-5-11(8-10(12)2-1-7-15)16-13(17)9-3-4-9/h5-6,8-9H,3-4,7,15H2,(H,16,17). The molecule has 0 saturated heterocycles. The van der Waals surface area contributed by atoms with Crippen molar-refractivity contribution in [2.75, 3.05) is 11.9 Å². The highest BCUT2D eigenvalue weighted by Gasteiger charge is 2.29. The maximum Gasteiger partial charge on any atom is 0.227 e. The van der Waals surface area contributed by atoms with E-state index in [9.17, 15) is 9.18 Å². The summed E-state index contributed by atoms with van der Waals surface area (Å²) < 4.78 is 13.3. The van der Waals surface area contributed by atoms with Crippen LogP contribution in [0.15, 0.2) is 18.2 Å². The Kier molecular flexibility index (Phi) is 3.40. The van der Waals surface area contributed by atoms with Crippen molar-refractivity contribution in [3.8, 4) is 11.8 Å². The van der Waals surface area contributed by atoms with Crippen LogP contribution in [0, 0.1) is 23.6 Å². The second kappa shape index (κ2) is 4.98. The monoisotopic (exact) mass is 232 g/mol. The summed E-state index contributed by atoms with van der Waals surface area (Å²) in [6, 6.07) is 4.35. The molecule has 4 heteroatoms. The number of benzene rings is 1. The van der Waals surface area contributed by atoms with E-state index in [0.717, 1.165) is 12.8 Å². The Bertz CT molecular complexity index is 498. The maximum atomic E-state index is 13.3. The lowest BCUT2D eigenvalue weighted by Crippen LogP contribution is -2.13. The molecular weight excluding hydrogens is 219 g/mol. The average Bonchev–Trinajstić information content (AvgIpc) is 3.13. The van der Waals surface area contributed by atoms with Crippen LogP contribution in [0.2, 0.25) is 0 Å². The summed E-state index contributed by atoms with van der Waals surface area (Å²) in [5.74, 6) is 4.93. The third kappa shape index (κ3) is 3.05. The van der Waals surface area contributed by atoms with Gasteiger partial charge in [-0.25, -0.2) is 4.39 Å². The lowest BCUT2D eigenvalue weighted by Gasteiger charge is -2.05. The summed E-state index contributed by atoms with van der Waals surface area (Å²) in [5.41, 5.74) is 6.05. The number of amides is 1. The zero-order valence-electron chi connectivity index (χ0n) is 9.29. The minimum absolute atomic E-state index is 0.00524. The van der Waals surface area contributed by atoms with Crippen LogP contribution in [0.3, 0.4) is 0 Å².